The number of amides is 1. The lowest BCUT2D eigenvalue weighted by atomic mass is 10.2. The Labute approximate surface area is 116 Å². The van der Waals surface area contributed by atoms with Crippen molar-refractivity contribution < 1.29 is 17.8 Å². The molecule has 0 aromatic heterocycles. The van der Waals surface area contributed by atoms with Crippen molar-refractivity contribution in [3.8, 4) is 0 Å². The molecule has 1 unspecified atom stereocenters. The first-order valence-corrected chi connectivity index (χ1v) is 8.03. The Hall–Kier alpha value is -1.25. The van der Waals surface area contributed by atoms with E-state index >= 15 is 0 Å². The molecule has 6 nitrogen and oxygen atoms in total. The van der Waals surface area contributed by atoms with E-state index in [9.17, 15) is 13.2 Å². The van der Waals surface area contributed by atoms with Crippen LogP contribution in [0, 0.1) is 0 Å². The molecule has 1 aliphatic heterocycles. The largest absolute Gasteiger partial charge is 0.378 e. The predicted octanol–water partition coefficient (Wildman–Crippen LogP) is 1.00. The molecule has 1 heterocycles. The van der Waals surface area contributed by atoms with Gasteiger partial charge in [0.15, 0.2) is 0 Å². The highest BCUT2D eigenvalue weighted by Crippen LogP contribution is 2.34. The van der Waals surface area contributed by atoms with Gasteiger partial charge in [-0.15, -0.1) is 11.8 Å². The van der Waals surface area contributed by atoms with Crippen LogP contribution in [0.25, 0.3) is 0 Å². The number of hydrogen-bond acceptors (Lipinski definition) is 5. The van der Waals surface area contributed by atoms with Crippen molar-refractivity contribution in [1.29, 1.82) is 0 Å². The highest BCUT2D eigenvalue weighted by atomic mass is 32.3. The summed E-state index contributed by atoms with van der Waals surface area (Å²) in [6.07, 6.45) is 0. The van der Waals surface area contributed by atoms with Crippen molar-refractivity contribution in [3.05, 3.63) is 24.3 Å². The first-order chi connectivity index (χ1) is 8.80. The molecule has 1 fully saturated rings. The molecule has 1 atom stereocenters. The monoisotopic (exact) mass is 302 g/mol. The second kappa shape index (κ2) is 5.03. The van der Waals surface area contributed by atoms with Crippen LogP contribution >= 0.6 is 11.8 Å². The number of rotatable bonds is 3. The Morgan fingerprint density at radius 1 is 1.32 bits per heavy atom. The fourth-order valence-electron chi connectivity index (χ4n) is 1.80. The van der Waals surface area contributed by atoms with E-state index in [-0.39, 0.29) is 11.7 Å². The van der Waals surface area contributed by atoms with Crippen molar-refractivity contribution in [2.45, 2.75) is 4.71 Å². The normalized spacial score (nSPS) is 19.8. The van der Waals surface area contributed by atoms with E-state index < -0.39 is 14.8 Å². The predicted molar refractivity (Wildman–Crippen MR) is 76.0 cm³/mol. The van der Waals surface area contributed by atoms with Crippen molar-refractivity contribution >= 4 is 39.2 Å². The van der Waals surface area contributed by atoms with Crippen molar-refractivity contribution in [1.82, 2.24) is 0 Å². The maximum atomic E-state index is 11.8. The minimum absolute atomic E-state index is 0.0416. The van der Waals surface area contributed by atoms with Crippen molar-refractivity contribution in [2.75, 3.05) is 29.6 Å². The minimum atomic E-state index is -4.30. The summed E-state index contributed by atoms with van der Waals surface area (Å²) in [4.78, 5) is 14.8. The highest BCUT2D eigenvalue weighted by Gasteiger charge is 2.41. The quantitative estimate of drug-likeness (QED) is 0.839. The van der Waals surface area contributed by atoms with Gasteiger partial charge in [0.2, 0.25) is 10.6 Å². The summed E-state index contributed by atoms with van der Waals surface area (Å²) in [6.45, 7) is 0. The zero-order valence-electron chi connectivity index (χ0n) is 10.5. The van der Waals surface area contributed by atoms with Gasteiger partial charge in [0.05, 0.1) is 5.75 Å². The highest BCUT2D eigenvalue weighted by molar-refractivity contribution is 8.12. The van der Waals surface area contributed by atoms with Crippen LogP contribution in [0.1, 0.15) is 0 Å². The fraction of sp³-hybridized carbons (Fsp3) is 0.364. The summed E-state index contributed by atoms with van der Waals surface area (Å²) in [5.41, 5.74) is 1.40. The third-order valence-corrected chi connectivity index (χ3v) is 5.50. The Morgan fingerprint density at radius 3 is 2.37 bits per heavy atom. The summed E-state index contributed by atoms with van der Waals surface area (Å²) in [5, 5.41) is 0. The van der Waals surface area contributed by atoms with E-state index in [0.29, 0.717) is 5.69 Å². The van der Waals surface area contributed by atoms with Crippen LogP contribution < -0.4 is 9.80 Å². The van der Waals surface area contributed by atoms with Gasteiger partial charge in [-0.1, -0.05) is 0 Å². The molecule has 1 aromatic carbocycles. The van der Waals surface area contributed by atoms with E-state index in [1.807, 2.05) is 19.0 Å². The van der Waals surface area contributed by atoms with Crippen LogP contribution in [0.4, 0.5) is 11.4 Å². The first-order valence-electron chi connectivity index (χ1n) is 5.48. The first kappa shape index (κ1) is 14.2. The van der Waals surface area contributed by atoms with Crippen LogP contribution in [0.15, 0.2) is 24.3 Å². The van der Waals surface area contributed by atoms with Gasteiger partial charge in [-0.05, 0) is 24.3 Å². The Bertz CT molecular complexity index is 583. The average molecular weight is 302 g/mol. The summed E-state index contributed by atoms with van der Waals surface area (Å²) >= 11 is 0.899. The van der Waals surface area contributed by atoms with E-state index in [0.717, 1.165) is 22.3 Å². The Kier molecular flexibility index (Phi) is 3.75. The molecular weight excluding hydrogens is 288 g/mol. The Morgan fingerprint density at radius 2 is 1.89 bits per heavy atom. The molecule has 104 valence electrons. The van der Waals surface area contributed by atoms with Gasteiger partial charge in [0.1, 0.15) is 0 Å². The molecule has 0 radical (unpaired) electrons. The topological polar surface area (TPSA) is 77.9 Å². The second-order valence-corrected chi connectivity index (χ2v) is 7.15. The van der Waals surface area contributed by atoms with E-state index in [2.05, 4.69) is 0 Å². The van der Waals surface area contributed by atoms with Crippen molar-refractivity contribution in [3.63, 3.8) is 0 Å². The number of nitrogens with zero attached hydrogens (tertiary/aromatic N) is 2. The molecule has 1 aromatic rings. The van der Waals surface area contributed by atoms with E-state index in [1.54, 1.807) is 24.3 Å². The molecular formula is C11H14N2O4S2. The van der Waals surface area contributed by atoms with Gasteiger partial charge in [-0.25, -0.2) is 0 Å². The fourth-order valence-corrected chi connectivity index (χ4v) is 4.01. The summed E-state index contributed by atoms with van der Waals surface area (Å²) in [6, 6.07) is 6.90. The molecule has 0 saturated carbocycles. The summed E-state index contributed by atoms with van der Waals surface area (Å²) in [7, 11) is -0.538. The lowest BCUT2D eigenvalue weighted by Crippen LogP contribution is -2.37. The molecule has 19 heavy (non-hydrogen) atoms. The molecule has 0 spiro atoms. The number of carbonyl (C=O) groups excluding carboxylic acids is 1. The molecule has 2 rings (SSSR count). The molecule has 8 heteroatoms. The van der Waals surface area contributed by atoms with Gasteiger partial charge in [-0.2, -0.15) is 8.42 Å². The van der Waals surface area contributed by atoms with Crippen LogP contribution in [0.2, 0.25) is 0 Å². The van der Waals surface area contributed by atoms with Gasteiger partial charge in [-0.3, -0.25) is 14.2 Å². The van der Waals surface area contributed by atoms with Gasteiger partial charge >= 0.3 is 0 Å². The number of thioether (sulfide) groups is 1. The second-order valence-electron chi connectivity index (χ2n) is 4.31. The summed E-state index contributed by atoms with van der Waals surface area (Å²) in [5.74, 6) is -0.287. The number of carbonyl (C=O) groups is 1. The van der Waals surface area contributed by atoms with Crippen LogP contribution in [0.3, 0.4) is 0 Å². The number of hydrogen-bond donors (Lipinski definition) is 1. The van der Waals surface area contributed by atoms with Crippen LogP contribution in [0.5, 0.6) is 0 Å². The third kappa shape index (κ3) is 2.85. The maximum Gasteiger partial charge on any atom is 0.296 e. The molecule has 0 aliphatic carbocycles. The zero-order valence-corrected chi connectivity index (χ0v) is 12.1. The Balaban J connectivity index is 2.36. The van der Waals surface area contributed by atoms with Crippen molar-refractivity contribution in [2.24, 2.45) is 0 Å². The zero-order chi connectivity index (χ0) is 14.2. The molecule has 1 amide bonds. The van der Waals surface area contributed by atoms with Crippen LogP contribution in [-0.4, -0.2) is 43.4 Å². The van der Waals surface area contributed by atoms with Gasteiger partial charge in [0, 0.05) is 25.5 Å². The smallest absolute Gasteiger partial charge is 0.296 e. The maximum absolute atomic E-state index is 11.8. The number of anilines is 2. The molecule has 1 saturated heterocycles. The molecule has 1 aliphatic rings. The van der Waals surface area contributed by atoms with Gasteiger partial charge < -0.3 is 4.90 Å². The summed E-state index contributed by atoms with van der Waals surface area (Å²) < 4.78 is 30.4. The van der Waals surface area contributed by atoms with Crippen LogP contribution in [-0.2, 0) is 14.9 Å². The third-order valence-electron chi connectivity index (χ3n) is 2.73. The van der Waals surface area contributed by atoms with E-state index in [4.69, 9.17) is 4.55 Å². The lowest BCUT2D eigenvalue weighted by molar-refractivity contribution is -0.115. The molecule has 1 N–H and O–H groups in total. The number of benzene rings is 1. The molecule has 0 bridgehead atoms. The standard InChI is InChI=1S/C11H14N2O4S2/c1-12(2)8-3-5-9(6-4-8)13-10(14)7-18-11(13)19(15,16)17/h3-6,11H,7H2,1-2H3,(H,15,16,17). The van der Waals surface area contributed by atoms with E-state index in [1.165, 1.54) is 0 Å². The van der Waals surface area contributed by atoms with Gasteiger partial charge in [0.25, 0.3) is 10.1 Å². The lowest BCUT2D eigenvalue weighted by Gasteiger charge is -2.22. The average Bonchev–Trinajstić information content (AvgIpc) is 2.71. The minimum Gasteiger partial charge on any atom is -0.378 e. The SMILES string of the molecule is CN(C)c1ccc(N2C(=O)CSC2S(=O)(=O)O)cc1.